The summed E-state index contributed by atoms with van der Waals surface area (Å²) in [5.74, 6) is 0.884. The van der Waals surface area contributed by atoms with E-state index in [0.29, 0.717) is 10.8 Å². The molecule has 0 bridgehead atoms. The third kappa shape index (κ3) is 1.74. The number of nitrogens with zero attached hydrogens (tertiary/aromatic N) is 3. The van der Waals surface area contributed by atoms with Crippen molar-refractivity contribution >= 4 is 23.6 Å². The van der Waals surface area contributed by atoms with Gasteiger partial charge in [-0.25, -0.2) is 4.98 Å². The van der Waals surface area contributed by atoms with E-state index in [9.17, 15) is 0 Å². The van der Waals surface area contributed by atoms with Gasteiger partial charge >= 0.3 is 0 Å². The molecule has 0 amide bonds. The summed E-state index contributed by atoms with van der Waals surface area (Å²) in [7, 11) is 0. The lowest BCUT2D eigenvalue weighted by atomic mass is 10.3. The van der Waals surface area contributed by atoms with Gasteiger partial charge in [-0.15, -0.1) is 11.3 Å². The van der Waals surface area contributed by atoms with Crippen LogP contribution < -0.4 is 0 Å². The number of rotatable bonds is 2. The number of nitrogens with one attached hydrogen (secondary N) is 1. The van der Waals surface area contributed by atoms with Crippen molar-refractivity contribution in [1.82, 2.24) is 19.7 Å². The Hall–Kier alpha value is -1.01. The molecule has 4 nitrogen and oxygen atoms in total. The molecule has 0 spiro atoms. The minimum absolute atomic E-state index is 0.299. The molecule has 2 rings (SSSR count). The molecule has 1 N–H and O–H groups in total. The number of aromatic amines is 1. The molecule has 6 heteroatoms. The van der Waals surface area contributed by atoms with Gasteiger partial charge in [0.05, 0.1) is 16.1 Å². The van der Waals surface area contributed by atoms with Crippen LogP contribution >= 0.6 is 23.6 Å². The van der Waals surface area contributed by atoms with Gasteiger partial charge in [0.15, 0.2) is 10.6 Å². The lowest BCUT2D eigenvalue weighted by Crippen LogP contribution is -2.03. The molecule has 0 atom stereocenters. The second-order valence-electron chi connectivity index (χ2n) is 3.58. The van der Waals surface area contributed by atoms with E-state index in [1.807, 2.05) is 17.0 Å². The minimum atomic E-state index is 0.299. The van der Waals surface area contributed by atoms with Gasteiger partial charge in [0.1, 0.15) is 0 Å². The number of H-pyrrole nitrogens is 1. The van der Waals surface area contributed by atoms with Crippen LogP contribution in [0.5, 0.6) is 0 Å². The minimum Gasteiger partial charge on any atom is -0.297 e. The number of thiazole rings is 1. The van der Waals surface area contributed by atoms with Crippen molar-refractivity contribution in [2.45, 2.75) is 26.8 Å². The highest BCUT2D eigenvalue weighted by molar-refractivity contribution is 7.71. The standard InChI is InChI=1S/C9H12N4S2/c1-5(2)13-8(11-12-9(13)14)7-6(3)10-4-15-7/h4-5H,1-3H3,(H,12,14). The summed E-state index contributed by atoms with van der Waals surface area (Å²) in [5, 5.41) is 7.09. The van der Waals surface area contributed by atoms with Gasteiger partial charge in [-0.2, -0.15) is 5.10 Å². The number of aryl methyl sites for hydroxylation is 1. The highest BCUT2D eigenvalue weighted by atomic mass is 32.1. The first kappa shape index (κ1) is 10.5. The SMILES string of the molecule is Cc1ncsc1-c1n[nH]c(=S)n1C(C)C. The van der Waals surface area contributed by atoms with E-state index in [4.69, 9.17) is 12.2 Å². The maximum atomic E-state index is 5.20. The number of hydrogen-bond donors (Lipinski definition) is 1. The smallest absolute Gasteiger partial charge is 0.195 e. The average Bonchev–Trinajstić information content (AvgIpc) is 2.71. The Balaban J connectivity index is 2.64. The fourth-order valence-corrected chi connectivity index (χ4v) is 2.59. The Labute approximate surface area is 97.0 Å². The van der Waals surface area contributed by atoms with Gasteiger partial charge in [-0.1, -0.05) is 0 Å². The van der Waals surface area contributed by atoms with Crippen LogP contribution in [-0.4, -0.2) is 19.7 Å². The molecule has 0 aromatic carbocycles. The van der Waals surface area contributed by atoms with Crippen LogP contribution in [0.1, 0.15) is 25.6 Å². The van der Waals surface area contributed by atoms with Gasteiger partial charge in [0, 0.05) is 6.04 Å². The van der Waals surface area contributed by atoms with Gasteiger partial charge in [-0.3, -0.25) is 9.67 Å². The summed E-state index contributed by atoms with van der Waals surface area (Å²) in [6, 6.07) is 0.299. The second kappa shape index (κ2) is 3.86. The maximum Gasteiger partial charge on any atom is 0.195 e. The summed E-state index contributed by atoms with van der Waals surface area (Å²) in [6.07, 6.45) is 0. The summed E-state index contributed by atoms with van der Waals surface area (Å²) in [4.78, 5) is 5.30. The third-order valence-electron chi connectivity index (χ3n) is 2.17. The van der Waals surface area contributed by atoms with Gasteiger partial charge in [0.25, 0.3) is 0 Å². The molecule has 0 aliphatic heterocycles. The van der Waals surface area contributed by atoms with E-state index in [1.165, 1.54) is 0 Å². The van der Waals surface area contributed by atoms with Gasteiger partial charge < -0.3 is 0 Å². The van der Waals surface area contributed by atoms with E-state index in [1.54, 1.807) is 11.3 Å². The van der Waals surface area contributed by atoms with E-state index in [-0.39, 0.29) is 0 Å². The zero-order valence-corrected chi connectivity index (χ0v) is 10.4. The van der Waals surface area contributed by atoms with Crippen molar-refractivity contribution in [2.24, 2.45) is 0 Å². The van der Waals surface area contributed by atoms with Gasteiger partial charge in [-0.05, 0) is 33.0 Å². The normalized spacial score (nSPS) is 11.2. The first-order valence-electron chi connectivity index (χ1n) is 4.68. The van der Waals surface area contributed by atoms with E-state index in [2.05, 4.69) is 29.0 Å². The van der Waals surface area contributed by atoms with Crippen molar-refractivity contribution in [3.63, 3.8) is 0 Å². The zero-order chi connectivity index (χ0) is 11.0. The molecule has 0 radical (unpaired) electrons. The van der Waals surface area contributed by atoms with Crippen LogP contribution in [0.25, 0.3) is 10.7 Å². The van der Waals surface area contributed by atoms with Crippen molar-refractivity contribution in [3.05, 3.63) is 16.0 Å². The van der Waals surface area contributed by atoms with E-state index in [0.717, 1.165) is 16.4 Å². The summed E-state index contributed by atoms with van der Waals surface area (Å²) in [6.45, 7) is 6.16. The average molecular weight is 240 g/mol. The fourth-order valence-electron chi connectivity index (χ4n) is 1.46. The van der Waals surface area contributed by atoms with E-state index < -0.39 is 0 Å². The van der Waals surface area contributed by atoms with E-state index >= 15 is 0 Å². The Bertz CT molecular complexity index is 520. The molecule has 15 heavy (non-hydrogen) atoms. The topological polar surface area (TPSA) is 46.5 Å². The lowest BCUT2D eigenvalue weighted by molar-refractivity contribution is 0.597. The Kier molecular flexibility index (Phi) is 2.70. The quantitative estimate of drug-likeness (QED) is 0.821. The maximum absolute atomic E-state index is 5.20. The van der Waals surface area contributed by atoms with Crippen molar-refractivity contribution < 1.29 is 0 Å². The van der Waals surface area contributed by atoms with Crippen LogP contribution in [0.15, 0.2) is 5.51 Å². The Morgan fingerprint density at radius 1 is 1.53 bits per heavy atom. The van der Waals surface area contributed by atoms with Crippen LogP contribution in [0.4, 0.5) is 0 Å². The number of hydrogen-bond acceptors (Lipinski definition) is 4. The highest BCUT2D eigenvalue weighted by Gasteiger charge is 2.14. The molecule has 2 aromatic heterocycles. The van der Waals surface area contributed by atoms with Crippen molar-refractivity contribution in [1.29, 1.82) is 0 Å². The molecule has 0 aliphatic carbocycles. The summed E-state index contributed by atoms with van der Waals surface area (Å²) >= 11 is 6.78. The predicted molar refractivity (Wildman–Crippen MR) is 63.6 cm³/mol. The first-order valence-corrected chi connectivity index (χ1v) is 5.97. The Morgan fingerprint density at radius 3 is 2.80 bits per heavy atom. The molecule has 0 unspecified atom stereocenters. The molecule has 2 aromatic rings. The lowest BCUT2D eigenvalue weighted by Gasteiger charge is -2.08. The van der Waals surface area contributed by atoms with Crippen molar-refractivity contribution in [3.8, 4) is 10.7 Å². The molecule has 0 aliphatic rings. The number of aromatic nitrogens is 4. The first-order chi connectivity index (χ1) is 7.11. The van der Waals surface area contributed by atoms with Crippen LogP contribution in [0.2, 0.25) is 0 Å². The van der Waals surface area contributed by atoms with Crippen LogP contribution in [-0.2, 0) is 0 Å². The monoisotopic (exact) mass is 240 g/mol. The highest BCUT2D eigenvalue weighted by Crippen LogP contribution is 2.27. The summed E-state index contributed by atoms with van der Waals surface area (Å²) < 4.78 is 2.67. The third-order valence-corrected chi connectivity index (χ3v) is 3.38. The molecular formula is C9H12N4S2. The fraction of sp³-hybridized carbons (Fsp3) is 0.444. The second-order valence-corrected chi connectivity index (χ2v) is 4.82. The van der Waals surface area contributed by atoms with Crippen LogP contribution in [0.3, 0.4) is 0 Å². The largest absolute Gasteiger partial charge is 0.297 e. The summed E-state index contributed by atoms with van der Waals surface area (Å²) in [5.41, 5.74) is 2.82. The Morgan fingerprint density at radius 2 is 2.27 bits per heavy atom. The molecular weight excluding hydrogens is 228 g/mol. The molecule has 0 saturated heterocycles. The predicted octanol–water partition coefficient (Wildman–Crippen LogP) is 2.95. The molecule has 2 heterocycles. The zero-order valence-electron chi connectivity index (χ0n) is 8.81. The van der Waals surface area contributed by atoms with Gasteiger partial charge in [0.2, 0.25) is 0 Å². The van der Waals surface area contributed by atoms with Crippen LogP contribution in [0, 0.1) is 11.7 Å². The molecule has 80 valence electrons. The van der Waals surface area contributed by atoms with Crippen molar-refractivity contribution in [2.75, 3.05) is 0 Å². The molecule has 0 saturated carbocycles. The molecule has 0 fully saturated rings.